The van der Waals surface area contributed by atoms with E-state index >= 15 is 0 Å². The molecule has 144 valence electrons. The predicted molar refractivity (Wildman–Crippen MR) is 111 cm³/mol. The normalized spacial score (nSPS) is 13.4. The van der Waals surface area contributed by atoms with Crippen molar-refractivity contribution in [3.8, 4) is 5.82 Å². The van der Waals surface area contributed by atoms with Crippen molar-refractivity contribution in [2.75, 3.05) is 10.6 Å². The van der Waals surface area contributed by atoms with Crippen molar-refractivity contribution in [2.45, 2.75) is 18.8 Å². The first-order chi connectivity index (χ1) is 14.2. The minimum atomic E-state index is -0.379. The summed E-state index contributed by atoms with van der Waals surface area (Å²) in [6.07, 6.45) is 8.37. The molecule has 4 aromatic rings. The van der Waals surface area contributed by atoms with Crippen molar-refractivity contribution in [1.82, 2.24) is 24.7 Å². The fourth-order valence-electron chi connectivity index (χ4n) is 3.34. The molecule has 8 nitrogen and oxygen atoms in total. The van der Waals surface area contributed by atoms with Gasteiger partial charge in [-0.05, 0) is 36.5 Å². The number of carbonyl (C=O) groups is 1. The smallest absolute Gasteiger partial charge is 0.306 e. The summed E-state index contributed by atoms with van der Waals surface area (Å²) in [5.74, 6) is 0.890. The lowest BCUT2D eigenvalue weighted by molar-refractivity contribution is 0.262. The number of benzene rings is 1. The number of amides is 2. The van der Waals surface area contributed by atoms with Crippen molar-refractivity contribution in [3.05, 3.63) is 66.0 Å². The molecular weight excluding hydrogens is 390 g/mol. The van der Waals surface area contributed by atoms with E-state index in [9.17, 15) is 4.79 Å². The Morgan fingerprint density at radius 2 is 2.00 bits per heavy atom. The summed E-state index contributed by atoms with van der Waals surface area (Å²) < 4.78 is 1.45. The molecule has 1 saturated carbocycles. The summed E-state index contributed by atoms with van der Waals surface area (Å²) in [5.41, 5.74) is 3.27. The van der Waals surface area contributed by atoms with Gasteiger partial charge in [-0.15, -0.1) is 0 Å². The van der Waals surface area contributed by atoms with Crippen LogP contribution in [0.5, 0.6) is 0 Å². The molecule has 2 amide bonds. The summed E-state index contributed by atoms with van der Waals surface area (Å²) in [6, 6.07) is 9.22. The number of nitrogens with one attached hydrogen (secondary N) is 2. The van der Waals surface area contributed by atoms with Gasteiger partial charge < -0.3 is 10.6 Å². The number of para-hydroxylation sites is 1. The second-order valence-corrected chi connectivity index (χ2v) is 7.23. The number of urea groups is 1. The number of carbonyl (C=O) groups excluding carboxylic acids is 1. The molecule has 1 aliphatic carbocycles. The number of anilines is 2. The Morgan fingerprint density at radius 3 is 2.76 bits per heavy atom. The summed E-state index contributed by atoms with van der Waals surface area (Å²) >= 11 is 6.27. The quantitative estimate of drug-likeness (QED) is 0.525. The number of fused-ring (bicyclic) bond motifs is 1. The highest BCUT2D eigenvalue weighted by molar-refractivity contribution is 6.32. The molecule has 0 atom stereocenters. The van der Waals surface area contributed by atoms with Gasteiger partial charge in [-0.25, -0.2) is 19.4 Å². The topological polar surface area (TPSA) is 97.6 Å². The lowest BCUT2D eigenvalue weighted by Gasteiger charge is -2.14. The third-order valence-electron chi connectivity index (χ3n) is 4.77. The predicted octanol–water partition coefficient (Wildman–Crippen LogP) is 4.39. The highest BCUT2D eigenvalue weighted by atomic mass is 35.5. The first-order valence-electron chi connectivity index (χ1n) is 9.15. The summed E-state index contributed by atoms with van der Waals surface area (Å²) in [7, 11) is 0. The van der Waals surface area contributed by atoms with Crippen LogP contribution in [0.2, 0.25) is 5.02 Å². The van der Waals surface area contributed by atoms with Crippen LogP contribution in [0.15, 0.2) is 55.4 Å². The number of aromatic nitrogens is 5. The average molecular weight is 406 g/mol. The molecule has 2 N–H and O–H groups in total. The minimum Gasteiger partial charge on any atom is -0.306 e. The molecular formula is C20H16ClN7O. The molecule has 1 aliphatic rings. The maximum absolute atomic E-state index is 12.6. The Morgan fingerprint density at radius 1 is 1.14 bits per heavy atom. The Hall–Kier alpha value is -3.52. The van der Waals surface area contributed by atoms with Crippen LogP contribution in [0.4, 0.5) is 16.2 Å². The van der Waals surface area contributed by atoms with E-state index in [0.717, 1.165) is 35.0 Å². The van der Waals surface area contributed by atoms with E-state index < -0.39 is 0 Å². The zero-order valence-corrected chi connectivity index (χ0v) is 16.0. The molecule has 0 saturated heterocycles. The first kappa shape index (κ1) is 17.6. The van der Waals surface area contributed by atoms with Gasteiger partial charge in [0, 0.05) is 5.39 Å². The zero-order chi connectivity index (χ0) is 19.8. The van der Waals surface area contributed by atoms with Crippen LogP contribution in [-0.2, 0) is 0 Å². The summed E-state index contributed by atoms with van der Waals surface area (Å²) in [6.45, 7) is 0. The molecule has 0 aliphatic heterocycles. The fourth-order valence-corrected chi connectivity index (χ4v) is 3.60. The molecule has 0 bridgehead atoms. The monoisotopic (exact) mass is 405 g/mol. The molecule has 1 fully saturated rings. The van der Waals surface area contributed by atoms with Crippen LogP contribution in [-0.4, -0.2) is 30.8 Å². The van der Waals surface area contributed by atoms with Crippen LogP contribution in [0.25, 0.3) is 16.7 Å². The van der Waals surface area contributed by atoms with Gasteiger partial charge in [-0.2, -0.15) is 5.10 Å². The SMILES string of the molecule is O=C(Nc1cnc(-n2cncn2)c(Cl)c1)Nc1cnc2ccccc2c1C1CC1. The Bertz CT molecular complexity index is 1200. The maximum Gasteiger partial charge on any atom is 0.323 e. The van der Waals surface area contributed by atoms with E-state index in [1.54, 1.807) is 12.3 Å². The molecule has 0 spiro atoms. The molecule has 29 heavy (non-hydrogen) atoms. The standard InChI is InChI=1S/C20H16ClN7O/c21-15-7-13(8-24-19(15)28-11-22-10-25-28)26-20(29)27-17-9-23-16-4-2-1-3-14(16)18(17)12-5-6-12/h1-4,7-12H,5-6H2,(H2,26,27,29). The molecule has 0 unspecified atom stereocenters. The number of nitrogens with zero attached hydrogens (tertiary/aromatic N) is 5. The van der Waals surface area contributed by atoms with E-state index in [4.69, 9.17) is 11.6 Å². The Labute approximate surface area is 171 Å². The lowest BCUT2D eigenvalue weighted by atomic mass is 10.0. The summed E-state index contributed by atoms with van der Waals surface area (Å²) in [4.78, 5) is 25.2. The van der Waals surface area contributed by atoms with Crippen molar-refractivity contribution in [3.63, 3.8) is 0 Å². The van der Waals surface area contributed by atoms with Crippen LogP contribution in [0.3, 0.4) is 0 Å². The molecule has 5 rings (SSSR count). The van der Waals surface area contributed by atoms with E-state index in [-0.39, 0.29) is 6.03 Å². The first-order valence-corrected chi connectivity index (χ1v) is 9.53. The summed E-state index contributed by atoms with van der Waals surface area (Å²) in [5, 5.41) is 11.1. The van der Waals surface area contributed by atoms with Gasteiger partial charge in [-0.3, -0.25) is 4.98 Å². The molecule has 0 radical (unpaired) electrons. The number of hydrogen-bond acceptors (Lipinski definition) is 5. The van der Waals surface area contributed by atoms with E-state index in [0.29, 0.717) is 22.4 Å². The molecule has 1 aromatic carbocycles. The van der Waals surface area contributed by atoms with Gasteiger partial charge in [0.15, 0.2) is 5.82 Å². The van der Waals surface area contributed by atoms with E-state index in [2.05, 4.69) is 30.7 Å². The van der Waals surface area contributed by atoms with Gasteiger partial charge in [0.25, 0.3) is 0 Å². The van der Waals surface area contributed by atoms with Gasteiger partial charge in [0.05, 0.1) is 34.3 Å². The van der Waals surface area contributed by atoms with Crippen LogP contribution >= 0.6 is 11.6 Å². The lowest BCUT2D eigenvalue weighted by Crippen LogP contribution is -2.20. The van der Waals surface area contributed by atoms with Gasteiger partial charge in [0.1, 0.15) is 12.7 Å². The minimum absolute atomic E-state index is 0.347. The number of hydrogen-bond donors (Lipinski definition) is 2. The van der Waals surface area contributed by atoms with Crippen LogP contribution < -0.4 is 10.6 Å². The van der Waals surface area contributed by atoms with Crippen molar-refractivity contribution in [2.24, 2.45) is 0 Å². The highest BCUT2D eigenvalue weighted by Crippen LogP contribution is 2.46. The van der Waals surface area contributed by atoms with Crippen LogP contribution in [0, 0.1) is 0 Å². The Kier molecular flexibility index (Phi) is 4.33. The van der Waals surface area contributed by atoms with E-state index in [1.165, 1.54) is 23.5 Å². The Balaban J connectivity index is 1.37. The third kappa shape index (κ3) is 3.50. The van der Waals surface area contributed by atoms with Crippen molar-refractivity contribution in [1.29, 1.82) is 0 Å². The molecule has 3 aromatic heterocycles. The van der Waals surface area contributed by atoms with Crippen LogP contribution in [0.1, 0.15) is 24.3 Å². The zero-order valence-electron chi connectivity index (χ0n) is 15.2. The van der Waals surface area contributed by atoms with Gasteiger partial charge >= 0.3 is 6.03 Å². The molecule has 9 heteroatoms. The maximum atomic E-state index is 12.6. The number of rotatable bonds is 4. The second kappa shape index (κ2) is 7.14. The number of pyridine rings is 2. The highest BCUT2D eigenvalue weighted by Gasteiger charge is 2.29. The number of halogens is 1. The second-order valence-electron chi connectivity index (χ2n) is 6.83. The fraction of sp³-hybridized carbons (Fsp3) is 0.150. The van der Waals surface area contributed by atoms with E-state index in [1.807, 2.05) is 24.3 Å². The van der Waals surface area contributed by atoms with Crippen molar-refractivity contribution >= 4 is 39.9 Å². The average Bonchev–Trinajstić information content (AvgIpc) is 3.41. The van der Waals surface area contributed by atoms with Gasteiger partial charge in [-0.1, -0.05) is 29.8 Å². The largest absolute Gasteiger partial charge is 0.323 e. The van der Waals surface area contributed by atoms with Gasteiger partial charge in [0.2, 0.25) is 0 Å². The third-order valence-corrected chi connectivity index (χ3v) is 5.04. The van der Waals surface area contributed by atoms with Crippen molar-refractivity contribution < 1.29 is 4.79 Å². The molecule has 3 heterocycles.